The van der Waals surface area contributed by atoms with Gasteiger partial charge in [0, 0.05) is 25.1 Å². The van der Waals surface area contributed by atoms with Crippen LogP contribution in [0, 0.1) is 13.8 Å². The Bertz CT molecular complexity index is 838. The van der Waals surface area contributed by atoms with Crippen molar-refractivity contribution in [1.82, 2.24) is 14.5 Å². The van der Waals surface area contributed by atoms with E-state index in [4.69, 9.17) is 4.74 Å². The molecule has 1 aliphatic heterocycles. The lowest BCUT2D eigenvalue weighted by atomic mass is 10.2. The molecule has 0 saturated carbocycles. The summed E-state index contributed by atoms with van der Waals surface area (Å²) in [6, 6.07) is 0. The van der Waals surface area contributed by atoms with Crippen LogP contribution < -0.4 is 5.56 Å². The van der Waals surface area contributed by atoms with Gasteiger partial charge in [-0.25, -0.2) is 4.98 Å². The second-order valence-electron chi connectivity index (χ2n) is 6.18. The van der Waals surface area contributed by atoms with Crippen molar-refractivity contribution < 1.29 is 9.53 Å². The van der Waals surface area contributed by atoms with Gasteiger partial charge in [-0.1, -0.05) is 11.8 Å². The summed E-state index contributed by atoms with van der Waals surface area (Å²) in [5.74, 6) is 0.433. The van der Waals surface area contributed by atoms with Gasteiger partial charge in [0.1, 0.15) is 4.83 Å². The number of ether oxygens (including phenoxy) is 1. The molecule has 8 heteroatoms. The van der Waals surface area contributed by atoms with E-state index < -0.39 is 0 Å². The predicted molar refractivity (Wildman–Crippen MR) is 102 cm³/mol. The number of hydrogen-bond acceptors (Lipinski definition) is 6. The summed E-state index contributed by atoms with van der Waals surface area (Å²) in [4.78, 5) is 33.7. The number of methoxy groups -OCH3 is 1. The van der Waals surface area contributed by atoms with Gasteiger partial charge in [0.2, 0.25) is 5.91 Å². The minimum atomic E-state index is -0.0416. The van der Waals surface area contributed by atoms with Crippen LogP contribution >= 0.6 is 23.1 Å². The summed E-state index contributed by atoms with van der Waals surface area (Å²) in [6.07, 6.45) is 2.15. The van der Waals surface area contributed by atoms with Crippen LogP contribution in [0.3, 0.4) is 0 Å². The third kappa shape index (κ3) is 3.75. The average Bonchev–Trinajstić information content (AvgIpc) is 3.21. The topological polar surface area (TPSA) is 64.4 Å². The summed E-state index contributed by atoms with van der Waals surface area (Å²) in [7, 11) is 1.61. The van der Waals surface area contributed by atoms with Gasteiger partial charge in [-0.05, 0) is 32.3 Å². The minimum absolute atomic E-state index is 0.0416. The Balaban J connectivity index is 1.91. The molecule has 1 saturated heterocycles. The van der Waals surface area contributed by atoms with Crippen molar-refractivity contribution in [3.05, 3.63) is 20.8 Å². The van der Waals surface area contributed by atoms with Crippen LogP contribution in [-0.2, 0) is 16.1 Å². The molecule has 0 radical (unpaired) electrons. The van der Waals surface area contributed by atoms with Crippen molar-refractivity contribution in [2.75, 3.05) is 32.6 Å². The van der Waals surface area contributed by atoms with E-state index in [1.165, 1.54) is 23.1 Å². The van der Waals surface area contributed by atoms with Crippen molar-refractivity contribution in [3.63, 3.8) is 0 Å². The lowest BCUT2D eigenvalue weighted by Gasteiger charge is -2.16. The summed E-state index contributed by atoms with van der Waals surface area (Å²) in [5, 5.41) is 1.29. The van der Waals surface area contributed by atoms with Gasteiger partial charge in [-0.3, -0.25) is 14.2 Å². The molecule has 2 aromatic rings. The van der Waals surface area contributed by atoms with E-state index in [0.29, 0.717) is 29.4 Å². The molecular formula is C17H23N3O3S2. The second kappa shape index (κ2) is 7.88. The lowest BCUT2D eigenvalue weighted by Crippen LogP contribution is -2.30. The first-order valence-electron chi connectivity index (χ1n) is 8.43. The quantitative estimate of drug-likeness (QED) is 0.568. The molecule has 136 valence electrons. The number of thiophene rings is 1. The molecule has 1 aliphatic rings. The van der Waals surface area contributed by atoms with Gasteiger partial charge in [-0.2, -0.15) is 0 Å². The number of rotatable bonds is 6. The number of aromatic nitrogens is 2. The van der Waals surface area contributed by atoms with Crippen molar-refractivity contribution in [3.8, 4) is 0 Å². The Hall–Kier alpha value is -1.38. The SMILES string of the molecule is COCCn1c(SCC(=O)N2CCCC2)nc2sc(C)c(C)c2c1=O. The number of likely N-dealkylation sites (tertiary alicyclic amines) is 1. The van der Waals surface area contributed by atoms with E-state index in [2.05, 4.69) is 4.98 Å². The van der Waals surface area contributed by atoms with Crippen molar-refractivity contribution in [2.24, 2.45) is 0 Å². The molecule has 2 aromatic heterocycles. The number of hydrogen-bond donors (Lipinski definition) is 0. The zero-order valence-electron chi connectivity index (χ0n) is 14.8. The molecule has 1 fully saturated rings. The van der Waals surface area contributed by atoms with Gasteiger partial charge in [0.15, 0.2) is 5.16 Å². The van der Waals surface area contributed by atoms with E-state index in [1.807, 2.05) is 18.7 Å². The molecule has 0 bridgehead atoms. The van der Waals surface area contributed by atoms with Gasteiger partial charge in [0.05, 0.1) is 24.3 Å². The third-order valence-corrected chi connectivity index (χ3v) is 6.62. The number of carbonyl (C=O) groups is 1. The number of nitrogens with zero attached hydrogens (tertiary/aromatic N) is 3. The fraction of sp³-hybridized carbons (Fsp3) is 0.588. The maximum absolute atomic E-state index is 13.0. The van der Waals surface area contributed by atoms with E-state index in [0.717, 1.165) is 41.2 Å². The first kappa shape index (κ1) is 18.4. The summed E-state index contributed by atoms with van der Waals surface area (Å²) >= 11 is 2.88. The summed E-state index contributed by atoms with van der Waals surface area (Å²) in [6.45, 7) is 6.51. The zero-order chi connectivity index (χ0) is 18.0. The van der Waals surface area contributed by atoms with Crippen molar-refractivity contribution >= 4 is 39.2 Å². The maximum Gasteiger partial charge on any atom is 0.263 e. The van der Waals surface area contributed by atoms with Crippen molar-refractivity contribution in [1.29, 1.82) is 0 Å². The van der Waals surface area contributed by atoms with E-state index >= 15 is 0 Å². The van der Waals surface area contributed by atoms with Crippen LogP contribution in [0.25, 0.3) is 10.2 Å². The van der Waals surface area contributed by atoms with Crippen molar-refractivity contribution in [2.45, 2.75) is 38.4 Å². The highest BCUT2D eigenvalue weighted by molar-refractivity contribution is 7.99. The van der Waals surface area contributed by atoms with Crippen LogP contribution in [0.5, 0.6) is 0 Å². The number of fused-ring (bicyclic) bond motifs is 1. The number of amides is 1. The van der Waals surface area contributed by atoms with Crippen LogP contribution in [0.1, 0.15) is 23.3 Å². The average molecular weight is 382 g/mol. The number of carbonyl (C=O) groups excluding carboxylic acids is 1. The molecule has 0 spiro atoms. The van der Waals surface area contributed by atoms with Gasteiger partial charge in [-0.15, -0.1) is 11.3 Å². The standard InChI is InChI=1S/C17H23N3O3S2/c1-11-12(2)25-15-14(11)16(22)20(8-9-23-3)17(18-15)24-10-13(21)19-6-4-5-7-19/h4-10H2,1-3H3. The second-order valence-corrected chi connectivity index (χ2v) is 8.33. The molecule has 1 amide bonds. The highest BCUT2D eigenvalue weighted by atomic mass is 32.2. The molecule has 25 heavy (non-hydrogen) atoms. The predicted octanol–water partition coefficient (Wildman–Crippen LogP) is 2.44. The largest absolute Gasteiger partial charge is 0.383 e. The Labute approximate surface area is 155 Å². The number of aryl methyl sites for hydroxylation is 2. The molecule has 0 atom stereocenters. The summed E-state index contributed by atoms with van der Waals surface area (Å²) in [5.41, 5.74) is 0.952. The van der Waals surface area contributed by atoms with E-state index in [9.17, 15) is 9.59 Å². The van der Waals surface area contributed by atoms with Gasteiger partial charge in [0.25, 0.3) is 5.56 Å². The smallest absolute Gasteiger partial charge is 0.263 e. The maximum atomic E-state index is 13.0. The molecule has 3 rings (SSSR count). The Kier molecular flexibility index (Phi) is 5.81. The molecule has 0 aliphatic carbocycles. The van der Waals surface area contributed by atoms with Crippen LogP contribution in [0.15, 0.2) is 9.95 Å². The fourth-order valence-electron chi connectivity index (χ4n) is 2.98. The highest BCUT2D eigenvalue weighted by Gasteiger charge is 2.21. The normalized spacial score (nSPS) is 14.6. The zero-order valence-corrected chi connectivity index (χ0v) is 16.5. The first-order chi connectivity index (χ1) is 12.0. The monoisotopic (exact) mass is 381 g/mol. The van der Waals surface area contributed by atoms with Crippen LogP contribution in [-0.4, -0.2) is 52.9 Å². The van der Waals surface area contributed by atoms with E-state index in [1.54, 1.807) is 11.7 Å². The Morgan fingerprint density at radius 1 is 1.32 bits per heavy atom. The molecule has 3 heterocycles. The lowest BCUT2D eigenvalue weighted by molar-refractivity contribution is -0.127. The van der Waals surface area contributed by atoms with E-state index in [-0.39, 0.29) is 11.5 Å². The minimum Gasteiger partial charge on any atom is -0.383 e. The Morgan fingerprint density at radius 3 is 2.72 bits per heavy atom. The highest BCUT2D eigenvalue weighted by Crippen LogP contribution is 2.28. The molecule has 0 unspecified atom stereocenters. The first-order valence-corrected chi connectivity index (χ1v) is 10.2. The van der Waals surface area contributed by atoms with Crippen LogP contribution in [0.4, 0.5) is 0 Å². The van der Waals surface area contributed by atoms with Crippen LogP contribution in [0.2, 0.25) is 0 Å². The fourth-order valence-corrected chi connectivity index (χ4v) is 4.98. The summed E-state index contributed by atoms with van der Waals surface area (Å²) < 4.78 is 6.79. The van der Waals surface area contributed by atoms with Gasteiger partial charge >= 0.3 is 0 Å². The van der Waals surface area contributed by atoms with Gasteiger partial charge < -0.3 is 9.64 Å². The molecule has 6 nitrogen and oxygen atoms in total. The number of thioether (sulfide) groups is 1. The molecular weight excluding hydrogens is 358 g/mol. The third-order valence-electron chi connectivity index (χ3n) is 4.56. The Morgan fingerprint density at radius 2 is 2.04 bits per heavy atom. The molecule has 0 N–H and O–H groups in total. The molecule has 0 aromatic carbocycles.